The third-order valence-corrected chi connectivity index (χ3v) is 2.71. The Bertz CT molecular complexity index is 551. The van der Waals surface area contributed by atoms with Crippen molar-refractivity contribution in [3.8, 4) is 11.5 Å². The summed E-state index contributed by atoms with van der Waals surface area (Å²) in [5.41, 5.74) is 0.171. The molecule has 0 unspecified atom stereocenters. The van der Waals surface area contributed by atoms with E-state index in [1.807, 2.05) is 6.92 Å². The highest BCUT2D eigenvalue weighted by Crippen LogP contribution is 2.22. The molecule has 0 atom stereocenters. The largest absolute Gasteiger partial charge is 0.497 e. The van der Waals surface area contributed by atoms with Gasteiger partial charge < -0.3 is 19.5 Å². The maximum atomic E-state index is 11.9. The molecule has 2 N–H and O–H groups in total. The molecule has 8 nitrogen and oxygen atoms in total. The van der Waals surface area contributed by atoms with Gasteiger partial charge in [0.15, 0.2) is 6.61 Å². The van der Waals surface area contributed by atoms with Gasteiger partial charge in [0.2, 0.25) is 0 Å². The van der Waals surface area contributed by atoms with Crippen molar-refractivity contribution in [2.45, 2.75) is 13.3 Å². The Balaban J connectivity index is 2.56. The Hall–Kier alpha value is -2.77. The van der Waals surface area contributed by atoms with E-state index in [4.69, 9.17) is 14.2 Å². The molecule has 1 aromatic carbocycles. The lowest BCUT2D eigenvalue weighted by Crippen LogP contribution is -2.41. The Morgan fingerprint density at radius 1 is 1.04 bits per heavy atom. The molecule has 0 aliphatic rings. The topological polar surface area (TPSA) is 103 Å². The number of ether oxygens (including phenoxy) is 3. The minimum atomic E-state index is -0.730. The second-order valence-electron chi connectivity index (χ2n) is 4.48. The van der Waals surface area contributed by atoms with E-state index in [1.165, 1.54) is 26.4 Å². The molecule has 23 heavy (non-hydrogen) atoms. The summed E-state index contributed by atoms with van der Waals surface area (Å²) in [6.07, 6.45) is 0.744. The first-order chi connectivity index (χ1) is 11.0. The number of hydrogen-bond acceptors (Lipinski definition) is 6. The summed E-state index contributed by atoms with van der Waals surface area (Å²) in [7, 11) is 2.90. The van der Waals surface area contributed by atoms with E-state index in [2.05, 4.69) is 10.6 Å². The van der Waals surface area contributed by atoms with Gasteiger partial charge in [-0.3, -0.25) is 10.1 Å². The first-order valence-electron chi connectivity index (χ1n) is 6.98. The van der Waals surface area contributed by atoms with E-state index >= 15 is 0 Å². The number of rotatable bonds is 7. The van der Waals surface area contributed by atoms with Gasteiger partial charge in [-0.05, 0) is 18.6 Å². The quantitative estimate of drug-likeness (QED) is 0.728. The van der Waals surface area contributed by atoms with E-state index < -0.39 is 24.5 Å². The second kappa shape index (κ2) is 9.29. The number of methoxy groups -OCH3 is 2. The van der Waals surface area contributed by atoms with Crippen LogP contribution in [0.5, 0.6) is 11.5 Å². The summed E-state index contributed by atoms with van der Waals surface area (Å²) in [5, 5.41) is 4.52. The lowest BCUT2D eigenvalue weighted by atomic mass is 10.2. The van der Waals surface area contributed by atoms with Crippen molar-refractivity contribution in [3.63, 3.8) is 0 Å². The molecule has 3 amide bonds. The summed E-state index contributed by atoms with van der Waals surface area (Å²) in [6, 6.07) is 3.88. The molecular weight excluding hydrogens is 304 g/mol. The molecule has 0 saturated heterocycles. The second-order valence-corrected chi connectivity index (χ2v) is 4.48. The van der Waals surface area contributed by atoms with Gasteiger partial charge in [-0.1, -0.05) is 6.92 Å². The SMILES string of the molecule is CCCNC(=O)NC(=O)COC(=O)c1cc(OC)cc(OC)c1. The van der Waals surface area contributed by atoms with Crippen LogP contribution >= 0.6 is 0 Å². The van der Waals surface area contributed by atoms with E-state index in [9.17, 15) is 14.4 Å². The fourth-order valence-corrected chi connectivity index (χ4v) is 1.59. The van der Waals surface area contributed by atoms with Crippen LogP contribution in [0.3, 0.4) is 0 Å². The average molecular weight is 324 g/mol. The fraction of sp³-hybridized carbons (Fsp3) is 0.400. The normalized spacial score (nSPS) is 9.70. The summed E-state index contributed by atoms with van der Waals surface area (Å²) in [5.74, 6) is -0.618. The molecule has 0 spiro atoms. The number of esters is 1. The van der Waals surface area contributed by atoms with Crippen LogP contribution in [0.4, 0.5) is 4.79 Å². The van der Waals surface area contributed by atoms with Crippen molar-refractivity contribution >= 4 is 17.9 Å². The molecule has 0 radical (unpaired) electrons. The Kier molecular flexibility index (Phi) is 7.38. The van der Waals surface area contributed by atoms with Crippen LogP contribution in [0.25, 0.3) is 0 Å². The number of nitrogens with one attached hydrogen (secondary N) is 2. The minimum absolute atomic E-state index is 0.171. The first kappa shape index (κ1) is 18.3. The highest BCUT2D eigenvalue weighted by atomic mass is 16.5. The molecule has 8 heteroatoms. The van der Waals surface area contributed by atoms with Crippen molar-refractivity contribution in [3.05, 3.63) is 23.8 Å². The predicted octanol–water partition coefficient (Wildman–Crippen LogP) is 1.10. The molecule has 0 heterocycles. The number of urea groups is 1. The first-order valence-corrected chi connectivity index (χ1v) is 6.98. The van der Waals surface area contributed by atoms with Crippen molar-refractivity contribution < 1.29 is 28.6 Å². The van der Waals surface area contributed by atoms with Crippen LogP contribution < -0.4 is 20.1 Å². The molecule has 0 fully saturated rings. The standard InChI is InChI=1S/C15H20N2O6/c1-4-5-16-15(20)17-13(18)9-23-14(19)10-6-11(21-2)8-12(7-10)22-3/h6-8H,4-5,9H2,1-3H3,(H2,16,17,18,20). The van der Waals surface area contributed by atoms with Crippen LogP contribution in [-0.4, -0.2) is 45.3 Å². The molecule has 0 aliphatic carbocycles. The lowest BCUT2D eigenvalue weighted by molar-refractivity contribution is -0.123. The van der Waals surface area contributed by atoms with Crippen molar-refractivity contribution in [1.82, 2.24) is 10.6 Å². The van der Waals surface area contributed by atoms with Crippen LogP contribution in [0.2, 0.25) is 0 Å². The third kappa shape index (κ3) is 6.25. The zero-order valence-electron chi connectivity index (χ0n) is 13.3. The number of benzene rings is 1. The highest BCUT2D eigenvalue weighted by molar-refractivity contribution is 5.97. The molecule has 126 valence electrons. The lowest BCUT2D eigenvalue weighted by Gasteiger charge is -2.09. The van der Waals surface area contributed by atoms with Crippen LogP contribution in [-0.2, 0) is 9.53 Å². The van der Waals surface area contributed by atoms with E-state index in [0.717, 1.165) is 6.42 Å². The summed E-state index contributed by atoms with van der Waals surface area (Å²) < 4.78 is 14.9. The van der Waals surface area contributed by atoms with Gasteiger partial charge in [0.1, 0.15) is 11.5 Å². The Morgan fingerprint density at radius 2 is 1.65 bits per heavy atom. The molecule has 0 bridgehead atoms. The Labute approximate surface area is 134 Å². The number of carbonyl (C=O) groups excluding carboxylic acids is 3. The molecule has 0 saturated carbocycles. The van der Waals surface area contributed by atoms with Crippen LogP contribution in [0, 0.1) is 0 Å². The van der Waals surface area contributed by atoms with Gasteiger partial charge in [0.25, 0.3) is 5.91 Å². The van der Waals surface area contributed by atoms with E-state index in [-0.39, 0.29) is 5.56 Å². The van der Waals surface area contributed by atoms with Gasteiger partial charge in [-0.2, -0.15) is 0 Å². The zero-order chi connectivity index (χ0) is 17.2. The van der Waals surface area contributed by atoms with Gasteiger partial charge >= 0.3 is 12.0 Å². The molecular formula is C15H20N2O6. The van der Waals surface area contributed by atoms with E-state index in [1.54, 1.807) is 6.07 Å². The van der Waals surface area contributed by atoms with Crippen LogP contribution in [0.1, 0.15) is 23.7 Å². The van der Waals surface area contributed by atoms with E-state index in [0.29, 0.717) is 18.0 Å². The van der Waals surface area contributed by atoms with Gasteiger partial charge in [-0.25, -0.2) is 9.59 Å². The van der Waals surface area contributed by atoms with Crippen molar-refractivity contribution in [2.24, 2.45) is 0 Å². The van der Waals surface area contributed by atoms with Crippen LogP contribution in [0.15, 0.2) is 18.2 Å². The number of carbonyl (C=O) groups is 3. The Morgan fingerprint density at radius 3 is 2.17 bits per heavy atom. The predicted molar refractivity (Wildman–Crippen MR) is 81.7 cm³/mol. The fourth-order valence-electron chi connectivity index (χ4n) is 1.59. The molecule has 1 aromatic rings. The summed E-state index contributed by atoms with van der Waals surface area (Å²) in [6.45, 7) is 1.76. The minimum Gasteiger partial charge on any atom is -0.497 e. The number of imide groups is 1. The van der Waals surface area contributed by atoms with Crippen molar-refractivity contribution in [2.75, 3.05) is 27.4 Å². The number of amides is 3. The number of hydrogen-bond donors (Lipinski definition) is 2. The molecule has 0 aliphatic heterocycles. The summed E-state index contributed by atoms with van der Waals surface area (Å²) in [4.78, 5) is 34.7. The average Bonchev–Trinajstić information content (AvgIpc) is 2.57. The monoisotopic (exact) mass is 324 g/mol. The third-order valence-electron chi connectivity index (χ3n) is 2.71. The highest BCUT2D eigenvalue weighted by Gasteiger charge is 2.14. The maximum absolute atomic E-state index is 11.9. The van der Waals surface area contributed by atoms with Crippen molar-refractivity contribution in [1.29, 1.82) is 0 Å². The van der Waals surface area contributed by atoms with Gasteiger partial charge in [-0.15, -0.1) is 0 Å². The zero-order valence-corrected chi connectivity index (χ0v) is 13.3. The smallest absolute Gasteiger partial charge is 0.338 e. The maximum Gasteiger partial charge on any atom is 0.338 e. The molecule has 1 rings (SSSR count). The van der Waals surface area contributed by atoms with Gasteiger partial charge in [0.05, 0.1) is 19.8 Å². The summed E-state index contributed by atoms with van der Waals surface area (Å²) >= 11 is 0. The molecule has 0 aromatic heterocycles. The van der Waals surface area contributed by atoms with Gasteiger partial charge in [0, 0.05) is 12.6 Å².